The van der Waals surface area contributed by atoms with E-state index in [4.69, 9.17) is 5.11 Å². The number of aromatic nitrogens is 2. The number of hydrogen-bond donors (Lipinski definition) is 3. The van der Waals surface area contributed by atoms with E-state index < -0.39 is 12.0 Å². The summed E-state index contributed by atoms with van der Waals surface area (Å²) in [6.45, 7) is 1.78. The second-order valence-corrected chi connectivity index (χ2v) is 4.06. The molecule has 2 amide bonds. The highest BCUT2D eigenvalue weighted by atomic mass is 16.4. The number of carbonyl (C=O) groups is 2. The Hall–Kier alpha value is -2.96. The second-order valence-electron chi connectivity index (χ2n) is 4.06. The second kappa shape index (κ2) is 5.79. The predicted octanol–water partition coefficient (Wildman–Crippen LogP) is 2.13. The predicted molar refractivity (Wildman–Crippen MR) is 72.8 cm³/mol. The molecule has 3 N–H and O–H groups in total. The van der Waals surface area contributed by atoms with Gasteiger partial charge in [-0.05, 0) is 19.1 Å². The van der Waals surface area contributed by atoms with E-state index in [9.17, 15) is 9.59 Å². The minimum absolute atomic E-state index is 0.0319. The fourth-order valence-corrected chi connectivity index (χ4v) is 1.59. The van der Waals surface area contributed by atoms with Crippen LogP contribution in [0.5, 0.6) is 0 Å². The number of amides is 2. The summed E-state index contributed by atoms with van der Waals surface area (Å²) >= 11 is 0. The molecule has 0 bridgehead atoms. The Bertz CT molecular complexity index is 643. The first-order chi connectivity index (χ1) is 9.56. The van der Waals surface area contributed by atoms with Crippen molar-refractivity contribution in [1.29, 1.82) is 0 Å². The standard InChI is InChI=1S/C13H12N4O3/c1-8-2-3-11(10(4-8)12(18)19)17-13(20)16-9-5-14-7-15-6-9/h2-7H,1H3,(H,18,19)(H2,16,17,20). The van der Waals surface area contributed by atoms with Crippen molar-refractivity contribution >= 4 is 23.4 Å². The summed E-state index contributed by atoms with van der Waals surface area (Å²) in [5.41, 5.74) is 1.46. The number of carbonyl (C=O) groups excluding carboxylic acids is 1. The van der Waals surface area contributed by atoms with Gasteiger partial charge in [0.05, 0.1) is 29.3 Å². The Morgan fingerprint density at radius 2 is 1.85 bits per heavy atom. The third kappa shape index (κ3) is 3.29. The largest absolute Gasteiger partial charge is 0.478 e. The van der Waals surface area contributed by atoms with E-state index in [-0.39, 0.29) is 11.3 Å². The summed E-state index contributed by atoms with van der Waals surface area (Å²) in [6.07, 6.45) is 4.20. The van der Waals surface area contributed by atoms with Gasteiger partial charge in [-0.25, -0.2) is 19.6 Å². The number of nitrogens with zero attached hydrogens (tertiary/aromatic N) is 2. The maximum atomic E-state index is 11.8. The summed E-state index contributed by atoms with van der Waals surface area (Å²) in [5.74, 6) is -1.10. The molecule has 0 aliphatic carbocycles. The number of rotatable bonds is 3. The van der Waals surface area contributed by atoms with E-state index in [1.165, 1.54) is 24.8 Å². The van der Waals surface area contributed by atoms with Crippen LogP contribution in [0.1, 0.15) is 15.9 Å². The van der Waals surface area contributed by atoms with Gasteiger partial charge in [0.25, 0.3) is 0 Å². The zero-order valence-electron chi connectivity index (χ0n) is 10.6. The molecule has 102 valence electrons. The molecule has 0 saturated heterocycles. The van der Waals surface area contributed by atoms with Crippen LogP contribution in [-0.4, -0.2) is 27.1 Å². The highest BCUT2D eigenvalue weighted by Gasteiger charge is 2.12. The van der Waals surface area contributed by atoms with E-state index in [0.29, 0.717) is 5.69 Å². The molecule has 0 atom stereocenters. The first-order valence-electron chi connectivity index (χ1n) is 5.73. The van der Waals surface area contributed by atoms with Crippen LogP contribution in [0.4, 0.5) is 16.2 Å². The maximum Gasteiger partial charge on any atom is 0.337 e. The van der Waals surface area contributed by atoms with Crippen LogP contribution in [-0.2, 0) is 0 Å². The molecule has 7 heteroatoms. The number of urea groups is 1. The average molecular weight is 272 g/mol. The topological polar surface area (TPSA) is 104 Å². The van der Waals surface area contributed by atoms with Gasteiger partial charge >= 0.3 is 12.0 Å². The molecular formula is C13H12N4O3. The molecule has 1 heterocycles. The molecule has 0 spiro atoms. The number of carboxylic acids is 1. The molecule has 2 aromatic rings. The monoisotopic (exact) mass is 272 g/mol. The number of anilines is 2. The normalized spacial score (nSPS) is 9.85. The lowest BCUT2D eigenvalue weighted by atomic mass is 10.1. The van der Waals surface area contributed by atoms with Crippen molar-refractivity contribution in [2.75, 3.05) is 10.6 Å². The zero-order valence-corrected chi connectivity index (χ0v) is 10.6. The van der Waals surface area contributed by atoms with Gasteiger partial charge in [0.2, 0.25) is 0 Å². The SMILES string of the molecule is Cc1ccc(NC(=O)Nc2cncnc2)c(C(=O)O)c1. The number of benzene rings is 1. The molecule has 0 unspecified atom stereocenters. The number of carboxylic acid groups (broad SMARTS) is 1. The Morgan fingerprint density at radius 3 is 2.50 bits per heavy atom. The van der Waals surface area contributed by atoms with E-state index in [1.54, 1.807) is 19.1 Å². The van der Waals surface area contributed by atoms with Crippen molar-refractivity contribution in [3.63, 3.8) is 0 Å². The number of aryl methyl sites for hydroxylation is 1. The minimum atomic E-state index is -1.10. The van der Waals surface area contributed by atoms with Gasteiger partial charge in [0.15, 0.2) is 0 Å². The average Bonchev–Trinajstić information content (AvgIpc) is 2.41. The number of hydrogen-bond acceptors (Lipinski definition) is 4. The van der Waals surface area contributed by atoms with Crippen molar-refractivity contribution in [3.05, 3.63) is 48.0 Å². The van der Waals surface area contributed by atoms with Crippen molar-refractivity contribution in [2.24, 2.45) is 0 Å². The molecule has 1 aromatic heterocycles. The van der Waals surface area contributed by atoms with E-state index in [1.807, 2.05) is 0 Å². The van der Waals surface area contributed by atoms with Crippen LogP contribution in [0.25, 0.3) is 0 Å². The third-order valence-corrected chi connectivity index (χ3v) is 2.47. The fraction of sp³-hybridized carbons (Fsp3) is 0.0769. The fourth-order valence-electron chi connectivity index (χ4n) is 1.59. The van der Waals surface area contributed by atoms with Crippen LogP contribution in [0.2, 0.25) is 0 Å². The van der Waals surface area contributed by atoms with Gasteiger partial charge in [0, 0.05) is 0 Å². The van der Waals surface area contributed by atoms with Crippen molar-refractivity contribution in [1.82, 2.24) is 9.97 Å². The first kappa shape index (κ1) is 13.5. The van der Waals surface area contributed by atoms with Crippen LogP contribution >= 0.6 is 0 Å². The number of aromatic carboxylic acids is 1. The van der Waals surface area contributed by atoms with E-state index >= 15 is 0 Å². The van der Waals surface area contributed by atoms with Crippen LogP contribution in [0, 0.1) is 6.92 Å². The van der Waals surface area contributed by atoms with Gasteiger partial charge < -0.3 is 15.7 Å². The Kier molecular flexibility index (Phi) is 3.90. The Balaban J connectivity index is 2.14. The summed E-state index contributed by atoms with van der Waals surface area (Å²) in [6, 6.07) is 4.18. The summed E-state index contributed by atoms with van der Waals surface area (Å²) in [5, 5.41) is 14.1. The van der Waals surface area contributed by atoms with Crippen molar-refractivity contribution in [3.8, 4) is 0 Å². The summed E-state index contributed by atoms with van der Waals surface area (Å²) < 4.78 is 0. The van der Waals surface area contributed by atoms with Crippen LogP contribution < -0.4 is 10.6 Å². The minimum Gasteiger partial charge on any atom is -0.478 e. The molecule has 2 rings (SSSR count). The Labute approximate surface area is 114 Å². The summed E-state index contributed by atoms with van der Waals surface area (Å²) in [7, 11) is 0. The molecular weight excluding hydrogens is 260 g/mol. The summed E-state index contributed by atoms with van der Waals surface area (Å²) in [4.78, 5) is 30.4. The Morgan fingerprint density at radius 1 is 1.15 bits per heavy atom. The molecule has 0 radical (unpaired) electrons. The van der Waals surface area contributed by atoms with Crippen LogP contribution in [0.15, 0.2) is 36.9 Å². The molecule has 7 nitrogen and oxygen atoms in total. The smallest absolute Gasteiger partial charge is 0.337 e. The zero-order chi connectivity index (χ0) is 14.5. The lowest BCUT2D eigenvalue weighted by molar-refractivity contribution is 0.0698. The third-order valence-electron chi connectivity index (χ3n) is 2.47. The quantitative estimate of drug-likeness (QED) is 0.793. The van der Waals surface area contributed by atoms with Crippen molar-refractivity contribution < 1.29 is 14.7 Å². The molecule has 0 aliphatic rings. The highest BCUT2D eigenvalue weighted by Crippen LogP contribution is 2.17. The number of nitrogens with one attached hydrogen (secondary N) is 2. The molecule has 1 aromatic carbocycles. The van der Waals surface area contributed by atoms with Gasteiger partial charge in [0.1, 0.15) is 6.33 Å². The first-order valence-corrected chi connectivity index (χ1v) is 5.73. The lowest BCUT2D eigenvalue weighted by Gasteiger charge is -2.10. The van der Waals surface area contributed by atoms with Crippen molar-refractivity contribution in [2.45, 2.75) is 6.92 Å². The highest BCUT2D eigenvalue weighted by molar-refractivity contribution is 6.04. The van der Waals surface area contributed by atoms with Gasteiger partial charge in [-0.2, -0.15) is 0 Å². The van der Waals surface area contributed by atoms with Gasteiger partial charge in [-0.3, -0.25) is 0 Å². The van der Waals surface area contributed by atoms with E-state index in [2.05, 4.69) is 20.6 Å². The molecule has 0 saturated carbocycles. The molecule has 0 aliphatic heterocycles. The molecule has 20 heavy (non-hydrogen) atoms. The van der Waals surface area contributed by atoms with Crippen LogP contribution in [0.3, 0.4) is 0 Å². The maximum absolute atomic E-state index is 11.8. The van der Waals surface area contributed by atoms with Gasteiger partial charge in [-0.1, -0.05) is 11.6 Å². The molecule has 0 fully saturated rings. The van der Waals surface area contributed by atoms with E-state index in [0.717, 1.165) is 5.56 Å². The van der Waals surface area contributed by atoms with Gasteiger partial charge in [-0.15, -0.1) is 0 Å². The lowest BCUT2D eigenvalue weighted by Crippen LogP contribution is -2.21.